The molecule has 0 radical (unpaired) electrons. The van der Waals surface area contributed by atoms with Gasteiger partial charge in [-0.25, -0.2) is 14.8 Å². The maximum atomic E-state index is 11.7. The van der Waals surface area contributed by atoms with Crippen molar-refractivity contribution in [3.05, 3.63) is 18.1 Å². The molecule has 1 amide bonds. The Morgan fingerprint density at radius 2 is 2.37 bits per heavy atom. The summed E-state index contributed by atoms with van der Waals surface area (Å²) in [4.78, 5) is 32.7. The van der Waals surface area contributed by atoms with Crippen molar-refractivity contribution < 1.29 is 14.7 Å². The second kappa shape index (κ2) is 4.49. The topological polar surface area (TPSA) is 95.4 Å². The van der Waals surface area contributed by atoms with Gasteiger partial charge in [0.05, 0.1) is 12.0 Å². The smallest absolute Gasteiger partial charge is 0.341 e. The van der Waals surface area contributed by atoms with Gasteiger partial charge in [-0.3, -0.25) is 4.79 Å². The fraction of sp³-hybridized carbons (Fsp3) is 0.500. The van der Waals surface area contributed by atoms with E-state index in [1.807, 2.05) is 4.90 Å². The number of carbonyl (C=O) groups excluding carboxylic acids is 1. The molecule has 0 spiro atoms. The van der Waals surface area contributed by atoms with Crippen LogP contribution in [-0.4, -0.2) is 46.1 Å². The molecule has 3 heterocycles. The first kappa shape index (κ1) is 11.9. The van der Waals surface area contributed by atoms with E-state index in [9.17, 15) is 14.7 Å². The lowest BCUT2D eigenvalue weighted by Gasteiger charge is -2.37. The molecule has 100 valence electrons. The van der Waals surface area contributed by atoms with Crippen LogP contribution in [0.15, 0.2) is 12.5 Å². The zero-order chi connectivity index (χ0) is 13.4. The Balaban J connectivity index is 1.97. The van der Waals surface area contributed by atoms with Crippen LogP contribution in [0.3, 0.4) is 0 Å². The fourth-order valence-corrected chi connectivity index (χ4v) is 2.92. The summed E-state index contributed by atoms with van der Waals surface area (Å²) in [6, 6.07) is -0.00532. The summed E-state index contributed by atoms with van der Waals surface area (Å²) in [6.07, 6.45) is 4.35. The van der Waals surface area contributed by atoms with Gasteiger partial charge in [0.2, 0.25) is 5.91 Å². The second-order valence-electron chi connectivity index (χ2n) is 4.82. The number of hydrogen-bond acceptors (Lipinski definition) is 5. The first-order chi connectivity index (χ1) is 9.18. The zero-order valence-electron chi connectivity index (χ0n) is 10.2. The molecule has 0 aliphatic carbocycles. The number of fused-ring (bicyclic) bond motifs is 1. The number of anilines is 1. The van der Waals surface area contributed by atoms with Gasteiger partial charge >= 0.3 is 5.97 Å². The number of rotatable bonds is 2. The summed E-state index contributed by atoms with van der Waals surface area (Å²) in [5, 5.41) is 12.0. The van der Waals surface area contributed by atoms with E-state index in [0.717, 1.165) is 12.8 Å². The summed E-state index contributed by atoms with van der Waals surface area (Å²) in [6.45, 7) is 1.26. The molecule has 1 aromatic heterocycles. The number of amides is 1. The molecule has 7 heteroatoms. The third-order valence-electron chi connectivity index (χ3n) is 3.79. The summed E-state index contributed by atoms with van der Waals surface area (Å²) in [7, 11) is 0. The lowest BCUT2D eigenvalue weighted by Crippen LogP contribution is -2.46. The predicted molar refractivity (Wildman–Crippen MR) is 65.9 cm³/mol. The maximum absolute atomic E-state index is 11.7. The number of carboxylic acids is 1. The summed E-state index contributed by atoms with van der Waals surface area (Å²) >= 11 is 0. The van der Waals surface area contributed by atoms with Gasteiger partial charge in [-0.05, 0) is 12.8 Å². The number of nitrogens with zero attached hydrogens (tertiary/aromatic N) is 3. The number of aromatic carboxylic acids is 1. The van der Waals surface area contributed by atoms with Crippen LogP contribution in [0.2, 0.25) is 0 Å². The van der Waals surface area contributed by atoms with Crippen LogP contribution in [-0.2, 0) is 4.79 Å². The molecule has 2 N–H and O–H groups in total. The molecule has 2 saturated heterocycles. The van der Waals surface area contributed by atoms with E-state index in [-0.39, 0.29) is 23.4 Å². The molecule has 0 aromatic carbocycles. The van der Waals surface area contributed by atoms with Crippen molar-refractivity contribution in [3.63, 3.8) is 0 Å². The van der Waals surface area contributed by atoms with E-state index in [2.05, 4.69) is 15.3 Å². The summed E-state index contributed by atoms with van der Waals surface area (Å²) < 4.78 is 0. The Morgan fingerprint density at radius 1 is 1.53 bits per heavy atom. The van der Waals surface area contributed by atoms with E-state index < -0.39 is 5.97 Å². The van der Waals surface area contributed by atoms with Crippen molar-refractivity contribution in [3.8, 4) is 0 Å². The Kier molecular flexibility index (Phi) is 2.81. The molecule has 3 rings (SSSR count). The van der Waals surface area contributed by atoms with Crippen molar-refractivity contribution in [2.75, 3.05) is 18.0 Å². The molecule has 2 unspecified atom stereocenters. The van der Waals surface area contributed by atoms with Crippen molar-refractivity contribution in [2.45, 2.75) is 18.9 Å². The molecule has 2 aliphatic rings. The van der Waals surface area contributed by atoms with Gasteiger partial charge < -0.3 is 15.3 Å². The average Bonchev–Trinajstić information content (AvgIpc) is 2.81. The van der Waals surface area contributed by atoms with Gasteiger partial charge in [0.15, 0.2) is 0 Å². The molecule has 19 heavy (non-hydrogen) atoms. The molecule has 0 bridgehead atoms. The van der Waals surface area contributed by atoms with Crippen LogP contribution in [0.25, 0.3) is 0 Å². The van der Waals surface area contributed by atoms with Crippen LogP contribution < -0.4 is 10.2 Å². The highest BCUT2D eigenvalue weighted by atomic mass is 16.4. The molecule has 2 aliphatic heterocycles. The molecule has 0 saturated carbocycles. The third-order valence-corrected chi connectivity index (χ3v) is 3.79. The lowest BCUT2D eigenvalue weighted by atomic mass is 9.91. The second-order valence-corrected chi connectivity index (χ2v) is 4.82. The van der Waals surface area contributed by atoms with Gasteiger partial charge in [0.25, 0.3) is 0 Å². The number of hydrogen-bond donors (Lipinski definition) is 2. The first-order valence-electron chi connectivity index (χ1n) is 6.26. The minimum atomic E-state index is -1.05. The van der Waals surface area contributed by atoms with Crippen molar-refractivity contribution in [1.82, 2.24) is 15.3 Å². The number of nitrogens with one attached hydrogen (secondary N) is 1. The highest BCUT2D eigenvalue weighted by Gasteiger charge is 2.42. The highest BCUT2D eigenvalue weighted by Crippen LogP contribution is 2.31. The average molecular weight is 262 g/mol. The summed E-state index contributed by atoms with van der Waals surface area (Å²) in [5.41, 5.74) is 0.0856. The molecule has 2 fully saturated rings. The van der Waals surface area contributed by atoms with E-state index in [1.165, 1.54) is 12.5 Å². The maximum Gasteiger partial charge on any atom is 0.341 e. The molecule has 1 aromatic rings. The number of carbonyl (C=O) groups is 2. The lowest BCUT2D eigenvalue weighted by molar-refractivity contribution is -0.123. The third kappa shape index (κ3) is 1.91. The van der Waals surface area contributed by atoms with Gasteiger partial charge in [0, 0.05) is 19.3 Å². The minimum Gasteiger partial charge on any atom is -0.477 e. The van der Waals surface area contributed by atoms with E-state index in [4.69, 9.17) is 0 Å². The number of carboxylic acid groups (broad SMARTS) is 1. The van der Waals surface area contributed by atoms with E-state index >= 15 is 0 Å². The predicted octanol–water partition coefficient (Wildman–Crippen LogP) is -0.110. The zero-order valence-corrected chi connectivity index (χ0v) is 10.2. The SMILES string of the molecule is O=C(O)c1cncnc1N1CCCC2C(=O)NCC21. The minimum absolute atomic E-state index is 0.00532. The molecular weight excluding hydrogens is 248 g/mol. The van der Waals surface area contributed by atoms with Crippen LogP contribution >= 0.6 is 0 Å². The monoisotopic (exact) mass is 262 g/mol. The number of piperidine rings is 1. The van der Waals surface area contributed by atoms with Gasteiger partial charge in [0.1, 0.15) is 17.7 Å². The van der Waals surface area contributed by atoms with Gasteiger partial charge in [-0.15, -0.1) is 0 Å². The van der Waals surface area contributed by atoms with Crippen LogP contribution in [0.5, 0.6) is 0 Å². The Bertz CT molecular complexity index is 533. The Labute approximate surface area is 109 Å². The standard InChI is InChI=1S/C12H14N4O3/c17-11-7-2-1-3-16(9(7)5-14-11)10-8(12(18)19)4-13-6-15-10/h4,6-7,9H,1-3,5H2,(H,14,17)(H,18,19). The van der Waals surface area contributed by atoms with Gasteiger partial charge in [-0.2, -0.15) is 0 Å². The van der Waals surface area contributed by atoms with E-state index in [0.29, 0.717) is 18.9 Å². The Hall–Kier alpha value is -2.18. The molecular formula is C12H14N4O3. The van der Waals surface area contributed by atoms with Crippen molar-refractivity contribution in [1.29, 1.82) is 0 Å². The van der Waals surface area contributed by atoms with Crippen molar-refractivity contribution >= 4 is 17.7 Å². The largest absolute Gasteiger partial charge is 0.477 e. The summed E-state index contributed by atoms with van der Waals surface area (Å²) in [5.74, 6) is -0.644. The Morgan fingerprint density at radius 3 is 3.16 bits per heavy atom. The molecule has 7 nitrogen and oxygen atoms in total. The van der Waals surface area contributed by atoms with Crippen molar-refractivity contribution in [2.24, 2.45) is 5.92 Å². The highest BCUT2D eigenvalue weighted by molar-refractivity contribution is 5.93. The van der Waals surface area contributed by atoms with Crippen LogP contribution in [0.4, 0.5) is 5.82 Å². The fourth-order valence-electron chi connectivity index (χ4n) is 2.92. The first-order valence-corrected chi connectivity index (χ1v) is 6.26. The normalized spacial score (nSPS) is 25.9. The number of aromatic nitrogens is 2. The van der Waals surface area contributed by atoms with E-state index in [1.54, 1.807) is 0 Å². The van der Waals surface area contributed by atoms with Gasteiger partial charge in [-0.1, -0.05) is 0 Å². The quantitative estimate of drug-likeness (QED) is 0.772. The van der Waals surface area contributed by atoms with Crippen LogP contribution in [0, 0.1) is 5.92 Å². The van der Waals surface area contributed by atoms with Crippen LogP contribution in [0.1, 0.15) is 23.2 Å². The molecule has 2 atom stereocenters.